The highest BCUT2D eigenvalue weighted by molar-refractivity contribution is 6.35. The third-order valence-electron chi connectivity index (χ3n) is 7.98. The van der Waals surface area contributed by atoms with E-state index in [0.717, 1.165) is 42.5 Å². The zero-order valence-electron chi connectivity index (χ0n) is 22.4. The van der Waals surface area contributed by atoms with Gasteiger partial charge in [0, 0.05) is 48.4 Å². The average molecular weight is 547 g/mol. The van der Waals surface area contributed by atoms with Gasteiger partial charge in [-0.3, -0.25) is 0 Å². The molecule has 7 nitrogen and oxygen atoms in total. The Kier molecular flexibility index (Phi) is 6.47. The van der Waals surface area contributed by atoms with Crippen LogP contribution in [0.1, 0.15) is 13.3 Å². The molecule has 9 heteroatoms. The number of fused-ring (bicyclic) bond motifs is 2. The molecule has 1 aromatic heterocycles. The molecule has 202 valence electrons. The van der Waals surface area contributed by atoms with Gasteiger partial charge in [-0.05, 0) is 55.1 Å². The Balaban J connectivity index is 1.59. The zero-order valence-corrected chi connectivity index (χ0v) is 23.1. The Labute approximate surface area is 232 Å². The molecule has 0 saturated carbocycles. The maximum atomic E-state index is 16.7. The van der Waals surface area contributed by atoms with Crippen LogP contribution in [0.2, 0.25) is 5.02 Å². The van der Waals surface area contributed by atoms with E-state index in [1.165, 1.54) is 0 Å². The number of piperazine rings is 1. The summed E-state index contributed by atoms with van der Waals surface area (Å²) in [5.74, 6) is 0.682. The predicted molar refractivity (Wildman–Crippen MR) is 157 cm³/mol. The summed E-state index contributed by atoms with van der Waals surface area (Å²) in [7, 11) is 4.11. The number of halogens is 2. The first kappa shape index (κ1) is 25.6. The van der Waals surface area contributed by atoms with Crippen LogP contribution in [0.25, 0.3) is 32.8 Å². The van der Waals surface area contributed by atoms with Gasteiger partial charge in [-0.15, -0.1) is 0 Å². The van der Waals surface area contributed by atoms with Crippen LogP contribution in [-0.4, -0.2) is 72.3 Å². The van der Waals surface area contributed by atoms with Crippen LogP contribution in [-0.2, 0) is 0 Å². The summed E-state index contributed by atoms with van der Waals surface area (Å²) < 4.78 is 16.7. The molecule has 3 aromatic carbocycles. The summed E-state index contributed by atoms with van der Waals surface area (Å²) in [5.41, 5.74) is 1.85. The molecule has 39 heavy (non-hydrogen) atoms. The Morgan fingerprint density at radius 3 is 2.67 bits per heavy atom. The van der Waals surface area contributed by atoms with Crippen molar-refractivity contribution in [3.05, 3.63) is 65.6 Å². The number of likely N-dealkylation sites (N-methyl/N-ethyl adjacent to an activating group) is 1. The molecule has 3 heterocycles. The number of phenolic OH excluding ortho intramolecular Hbond substituents is 1. The third-order valence-corrected chi connectivity index (χ3v) is 8.27. The average Bonchev–Trinajstić information content (AvgIpc) is 2.87. The van der Waals surface area contributed by atoms with Crippen molar-refractivity contribution in [2.75, 3.05) is 50.1 Å². The lowest BCUT2D eigenvalue weighted by Gasteiger charge is -2.43. The Bertz CT molecular complexity index is 1600. The standard InChI is InChI=1S/C30H32ClFN6O/c1-5-19-13-33-17(2)14-38(19)29-24-12-25(31)26(23-11-21(39)10-18-8-6-7-9-22(18)23)27(32)28(24)34-30(35-29)37-15-20(16-37)36(3)4/h6-12,19-20,33,39H,2,5,13-16H2,1,3-4H3/t19-/m1/s1. The van der Waals surface area contributed by atoms with E-state index in [1.807, 2.05) is 24.3 Å². The molecule has 0 bridgehead atoms. The van der Waals surface area contributed by atoms with E-state index >= 15 is 4.39 Å². The highest BCUT2D eigenvalue weighted by atomic mass is 35.5. The zero-order chi connectivity index (χ0) is 27.4. The van der Waals surface area contributed by atoms with E-state index in [9.17, 15) is 5.11 Å². The lowest BCUT2D eigenvalue weighted by Crippen LogP contribution is -2.58. The quantitative estimate of drug-likeness (QED) is 0.347. The summed E-state index contributed by atoms with van der Waals surface area (Å²) in [6.07, 6.45) is 0.886. The van der Waals surface area contributed by atoms with Gasteiger partial charge in [0.2, 0.25) is 5.95 Å². The number of anilines is 2. The monoisotopic (exact) mass is 546 g/mol. The number of aromatic nitrogens is 2. The van der Waals surface area contributed by atoms with Gasteiger partial charge in [-0.2, -0.15) is 4.98 Å². The SMILES string of the molecule is C=C1CN(c2nc(N3CC(N(C)C)C3)nc3c(F)c(-c4cc(O)cc5ccccc45)c(Cl)cc23)[C@H](CC)CN1. The maximum absolute atomic E-state index is 16.7. The summed E-state index contributed by atoms with van der Waals surface area (Å²) in [6, 6.07) is 13.1. The Morgan fingerprint density at radius 2 is 1.92 bits per heavy atom. The topological polar surface area (TPSA) is 67.8 Å². The molecular weight excluding hydrogens is 515 g/mol. The van der Waals surface area contributed by atoms with Crippen molar-refractivity contribution in [2.24, 2.45) is 0 Å². The van der Waals surface area contributed by atoms with Crippen molar-refractivity contribution in [3.8, 4) is 16.9 Å². The number of hydrogen-bond donors (Lipinski definition) is 2. The summed E-state index contributed by atoms with van der Waals surface area (Å²) in [6.45, 7) is 9.10. The van der Waals surface area contributed by atoms with Crippen LogP contribution in [0.5, 0.6) is 5.75 Å². The predicted octanol–water partition coefficient (Wildman–Crippen LogP) is 5.40. The van der Waals surface area contributed by atoms with E-state index < -0.39 is 5.82 Å². The van der Waals surface area contributed by atoms with Gasteiger partial charge in [-0.1, -0.05) is 49.4 Å². The number of phenols is 1. The van der Waals surface area contributed by atoms with Gasteiger partial charge in [0.25, 0.3) is 0 Å². The number of benzene rings is 3. The molecule has 0 unspecified atom stereocenters. The van der Waals surface area contributed by atoms with Crippen LogP contribution < -0.4 is 15.1 Å². The third kappa shape index (κ3) is 4.41. The molecule has 0 aliphatic carbocycles. The summed E-state index contributed by atoms with van der Waals surface area (Å²) in [4.78, 5) is 16.2. The second-order valence-corrected chi connectivity index (χ2v) is 11.1. The second kappa shape index (κ2) is 9.84. The van der Waals surface area contributed by atoms with Crippen molar-refractivity contribution in [1.29, 1.82) is 0 Å². The van der Waals surface area contributed by atoms with E-state index in [2.05, 4.69) is 47.6 Å². The van der Waals surface area contributed by atoms with Crippen molar-refractivity contribution in [2.45, 2.75) is 25.4 Å². The van der Waals surface area contributed by atoms with Gasteiger partial charge in [0.05, 0.1) is 11.6 Å². The van der Waals surface area contributed by atoms with E-state index in [1.54, 1.807) is 18.2 Å². The highest BCUT2D eigenvalue weighted by Gasteiger charge is 2.33. The first-order chi connectivity index (χ1) is 18.7. The van der Waals surface area contributed by atoms with Gasteiger partial charge in [0.15, 0.2) is 5.82 Å². The van der Waals surface area contributed by atoms with Gasteiger partial charge in [0.1, 0.15) is 17.1 Å². The molecule has 2 N–H and O–H groups in total. The van der Waals surface area contributed by atoms with Crippen LogP contribution in [0.15, 0.2) is 54.7 Å². The molecule has 1 atom stereocenters. The minimum atomic E-state index is -0.523. The molecule has 2 fully saturated rings. The number of aromatic hydroxyl groups is 1. The van der Waals surface area contributed by atoms with Crippen LogP contribution in [0.3, 0.4) is 0 Å². The smallest absolute Gasteiger partial charge is 0.228 e. The summed E-state index contributed by atoms with van der Waals surface area (Å²) >= 11 is 6.86. The Hall–Kier alpha value is -3.62. The van der Waals surface area contributed by atoms with Crippen molar-refractivity contribution in [1.82, 2.24) is 20.2 Å². The van der Waals surface area contributed by atoms with E-state index in [0.29, 0.717) is 35.3 Å². The van der Waals surface area contributed by atoms with Gasteiger partial charge >= 0.3 is 0 Å². The van der Waals surface area contributed by atoms with Crippen LogP contribution in [0.4, 0.5) is 16.2 Å². The van der Waals surface area contributed by atoms with Gasteiger partial charge in [-0.25, -0.2) is 9.37 Å². The fraction of sp³-hybridized carbons (Fsp3) is 0.333. The molecule has 6 rings (SSSR count). The normalized spacial score (nSPS) is 18.2. The Morgan fingerprint density at radius 1 is 1.15 bits per heavy atom. The number of nitrogens with one attached hydrogen (secondary N) is 1. The van der Waals surface area contributed by atoms with Crippen molar-refractivity contribution in [3.63, 3.8) is 0 Å². The first-order valence-corrected chi connectivity index (χ1v) is 13.6. The molecular formula is C30H32ClFN6O. The maximum Gasteiger partial charge on any atom is 0.228 e. The van der Waals surface area contributed by atoms with Crippen LogP contribution >= 0.6 is 11.6 Å². The van der Waals surface area contributed by atoms with E-state index in [4.69, 9.17) is 21.6 Å². The number of rotatable bonds is 5. The number of nitrogens with zero attached hydrogens (tertiary/aromatic N) is 5. The summed E-state index contributed by atoms with van der Waals surface area (Å²) in [5, 5.41) is 16.2. The highest BCUT2D eigenvalue weighted by Crippen LogP contribution is 2.43. The van der Waals surface area contributed by atoms with Crippen molar-refractivity contribution >= 4 is 45.0 Å². The minimum absolute atomic E-state index is 0.0451. The van der Waals surface area contributed by atoms with Crippen LogP contribution in [0, 0.1) is 5.82 Å². The minimum Gasteiger partial charge on any atom is -0.508 e. The fourth-order valence-electron chi connectivity index (χ4n) is 5.60. The van der Waals surface area contributed by atoms with Crippen molar-refractivity contribution < 1.29 is 9.50 Å². The molecule has 2 aliphatic rings. The number of hydrogen-bond acceptors (Lipinski definition) is 7. The molecule has 0 amide bonds. The lowest BCUT2D eigenvalue weighted by molar-refractivity contribution is 0.245. The first-order valence-electron chi connectivity index (χ1n) is 13.3. The fourth-order valence-corrected chi connectivity index (χ4v) is 5.89. The lowest BCUT2D eigenvalue weighted by atomic mass is 9.96. The van der Waals surface area contributed by atoms with Gasteiger partial charge < -0.3 is 25.1 Å². The molecule has 4 aromatic rings. The largest absolute Gasteiger partial charge is 0.508 e. The molecule has 0 radical (unpaired) electrons. The molecule has 2 aliphatic heterocycles. The molecule has 2 saturated heterocycles. The molecule has 0 spiro atoms. The van der Waals surface area contributed by atoms with E-state index in [-0.39, 0.29) is 27.9 Å². The second-order valence-electron chi connectivity index (χ2n) is 10.7.